The average Bonchev–Trinajstić information content (AvgIpc) is 3.08. The van der Waals surface area contributed by atoms with Gasteiger partial charge >= 0.3 is 0 Å². The van der Waals surface area contributed by atoms with Crippen LogP contribution in [0.1, 0.15) is 11.5 Å². The number of aromatic hydroxyl groups is 1. The molecule has 6 nitrogen and oxygen atoms in total. The minimum Gasteiger partial charge on any atom is -0.501 e. The number of aromatic nitrogens is 2. The summed E-state index contributed by atoms with van der Waals surface area (Å²) in [5.41, 5.74) is 0.509. The summed E-state index contributed by atoms with van der Waals surface area (Å²) in [5.74, 6) is -0.954. The highest BCUT2D eigenvalue weighted by molar-refractivity contribution is 5.80. The van der Waals surface area contributed by atoms with Crippen molar-refractivity contribution in [3.05, 3.63) is 76.0 Å². The standard InChI is InChI=1S/C18H11FN2O4/c19-11-7-5-10(6-8-11)9-14-20-21-18(25-14)17-16(23)15(22)12-3-1-2-4-13(12)24-17/h1-8,23H,9H2. The Balaban J connectivity index is 1.72. The summed E-state index contributed by atoms with van der Waals surface area (Å²) in [6.45, 7) is 0. The molecule has 0 saturated carbocycles. The Labute approximate surface area is 140 Å². The first-order chi connectivity index (χ1) is 12.1. The third-order valence-electron chi connectivity index (χ3n) is 3.70. The number of benzene rings is 2. The number of hydrogen-bond donors (Lipinski definition) is 1. The van der Waals surface area contributed by atoms with Gasteiger partial charge in [-0.15, -0.1) is 10.2 Å². The first-order valence-electron chi connectivity index (χ1n) is 7.44. The lowest BCUT2D eigenvalue weighted by Gasteiger charge is -2.01. The maximum absolute atomic E-state index is 12.9. The van der Waals surface area contributed by atoms with Crippen LogP contribution in [-0.4, -0.2) is 15.3 Å². The maximum Gasteiger partial charge on any atom is 0.287 e. The Morgan fingerprint density at radius 1 is 1.00 bits per heavy atom. The van der Waals surface area contributed by atoms with Gasteiger partial charge in [-0.25, -0.2) is 4.39 Å². The zero-order valence-electron chi connectivity index (χ0n) is 12.8. The van der Waals surface area contributed by atoms with Crippen molar-refractivity contribution in [2.75, 3.05) is 0 Å². The summed E-state index contributed by atoms with van der Waals surface area (Å²) in [7, 11) is 0. The molecule has 0 aliphatic heterocycles. The van der Waals surface area contributed by atoms with Gasteiger partial charge in [-0.05, 0) is 29.8 Å². The van der Waals surface area contributed by atoms with E-state index in [1.807, 2.05) is 0 Å². The highest BCUT2D eigenvalue weighted by atomic mass is 19.1. The fourth-order valence-electron chi connectivity index (χ4n) is 2.47. The molecule has 1 N–H and O–H groups in total. The molecule has 4 rings (SSSR count). The van der Waals surface area contributed by atoms with E-state index in [0.717, 1.165) is 5.56 Å². The first kappa shape index (κ1) is 15.1. The van der Waals surface area contributed by atoms with Gasteiger partial charge in [-0.2, -0.15) is 0 Å². The summed E-state index contributed by atoms with van der Waals surface area (Å²) in [5, 5.41) is 18.1. The quantitative estimate of drug-likeness (QED) is 0.616. The smallest absolute Gasteiger partial charge is 0.287 e. The molecule has 0 atom stereocenters. The normalized spacial score (nSPS) is 11.1. The van der Waals surface area contributed by atoms with Crippen LogP contribution in [0.15, 0.2) is 62.2 Å². The van der Waals surface area contributed by atoms with Crippen molar-refractivity contribution in [3.8, 4) is 17.4 Å². The van der Waals surface area contributed by atoms with E-state index < -0.39 is 11.2 Å². The van der Waals surface area contributed by atoms with Crippen LogP contribution in [0.25, 0.3) is 22.6 Å². The van der Waals surface area contributed by atoms with Gasteiger partial charge in [0.15, 0.2) is 0 Å². The van der Waals surface area contributed by atoms with Gasteiger partial charge in [-0.1, -0.05) is 24.3 Å². The van der Waals surface area contributed by atoms with Gasteiger partial charge < -0.3 is 13.9 Å². The van der Waals surface area contributed by atoms with Crippen LogP contribution in [0.2, 0.25) is 0 Å². The largest absolute Gasteiger partial charge is 0.501 e. The molecule has 7 heteroatoms. The molecule has 0 fully saturated rings. The first-order valence-corrected chi connectivity index (χ1v) is 7.44. The lowest BCUT2D eigenvalue weighted by Crippen LogP contribution is -2.02. The molecule has 0 aliphatic carbocycles. The molecular weight excluding hydrogens is 327 g/mol. The van der Waals surface area contributed by atoms with Crippen molar-refractivity contribution in [2.45, 2.75) is 6.42 Å². The van der Waals surface area contributed by atoms with Crippen molar-refractivity contribution < 1.29 is 18.3 Å². The monoisotopic (exact) mass is 338 g/mol. The fourth-order valence-corrected chi connectivity index (χ4v) is 2.47. The Kier molecular flexibility index (Phi) is 3.53. The number of hydrogen-bond acceptors (Lipinski definition) is 6. The lowest BCUT2D eigenvalue weighted by atomic mass is 10.1. The Hall–Kier alpha value is -3.48. The van der Waals surface area contributed by atoms with E-state index in [4.69, 9.17) is 8.83 Å². The second-order valence-electron chi connectivity index (χ2n) is 5.41. The molecule has 4 aromatic rings. The number of fused-ring (bicyclic) bond motifs is 1. The van der Waals surface area contributed by atoms with E-state index in [1.54, 1.807) is 36.4 Å². The number of nitrogens with zero attached hydrogens (tertiary/aromatic N) is 2. The van der Waals surface area contributed by atoms with Crippen LogP contribution < -0.4 is 5.43 Å². The van der Waals surface area contributed by atoms with Crippen molar-refractivity contribution in [3.63, 3.8) is 0 Å². The van der Waals surface area contributed by atoms with Gasteiger partial charge in [0.2, 0.25) is 22.8 Å². The summed E-state index contributed by atoms with van der Waals surface area (Å²) < 4.78 is 24.0. The molecule has 0 aliphatic rings. The van der Waals surface area contributed by atoms with Gasteiger partial charge in [0.25, 0.3) is 5.89 Å². The summed E-state index contributed by atoms with van der Waals surface area (Å²) >= 11 is 0. The Morgan fingerprint density at radius 3 is 2.56 bits per heavy atom. The maximum atomic E-state index is 12.9. The van der Waals surface area contributed by atoms with Crippen molar-refractivity contribution in [2.24, 2.45) is 0 Å². The highest BCUT2D eigenvalue weighted by Crippen LogP contribution is 2.29. The SMILES string of the molecule is O=c1c(O)c(-c2nnc(Cc3ccc(F)cc3)o2)oc2ccccc12. The predicted molar refractivity (Wildman–Crippen MR) is 86.6 cm³/mol. The van der Waals surface area contributed by atoms with Crippen molar-refractivity contribution >= 4 is 11.0 Å². The molecule has 0 amide bonds. The topological polar surface area (TPSA) is 89.4 Å². The zero-order chi connectivity index (χ0) is 17.4. The minimum atomic E-state index is -0.587. The molecule has 0 saturated heterocycles. The van der Waals surface area contributed by atoms with Gasteiger partial charge in [0.05, 0.1) is 11.8 Å². The van der Waals surface area contributed by atoms with Gasteiger partial charge in [0, 0.05) is 0 Å². The molecule has 0 bridgehead atoms. The molecule has 0 radical (unpaired) electrons. The molecule has 0 spiro atoms. The van der Waals surface area contributed by atoms with E-state index in [0.29, 0.717) is 5.58 Å². The van der Waals surface area contributed by atoms with E-state index in [2.05, 4.69) is 10.2 Å². The molecular formula is C18H11FN2O4. The van der Waals surface area contributed by atoms with E-state index in [1.165, 1.54) is 12.1 Å². The number of halogens is 1. The summed E-state index contributed by atoms with van der Waals surface area (Å²) in [6.07, 6.45) is 0.284. The number of para-hydroxylation sites is 1. The second kappa shape index (κ2) is 5.86. The van der Waals surface area contributed by atoms with E-state index >= 15 is 0 Å². The van der Waals surface area contributed by atoms with Crippen LogP contribution >= 0.6 is 0 Å². The van der Waals surface area contributed by atoms with E-state index in [9.17, 15) is 14.3 Å². The molecule has 25 heavy (non-hydrogen) atoms. The van der Waals surface area contributed by atoms with Gasteiger partial charge in [-0.3, -0.25) is 4.79 Å². The van der Waals surface area contributed by atoms with Crippen LogP contribution in [0.5, 0.6) is 5.75 Å². The summed E-state index contributed by atoms with van der Waals surface area (Å²) in [6, 6.07) is 12.4. The third-order valence-corrected chi connectivity index (χ3v) is 3.70. The van der Waals surface area contributed by atoms with Gasteiger partial charge in [0.1, 0.15) is 11.4 Å². The Bertz CT molecular complexity index is 1120. The van der Waals surface area contributed by atoms with Crippen LogP contribution in [-0.2, 0) is 6.42 Å². The van der Waals surface area contributed by atoms with Crippen LogP contribution in [0.3, 0.4) is 0 Å². The van der Waals surface area contributed by atoms with Crippen molar-refractivity contribution in [1.82, 2.24) is 10.2 Å². The second-order valence-corrected chi connectivity index (χ2v) is 5.41. The lowest BCUT2D eigenvalue weighted by molar-refractivity contribution is 0.433. The molecule has 0 unspecified atom stereocenters. The van der Waals surface area contributed by atoms with Crippen LogP contribution in [0.4, 0.5) is 4.39 Å². The predicted octanol–water partition coefficient (Wildman–Crippen LogP) is 3.28. The minimum absolute atomic E-state index is 0.0996. The molecule has 2 aromatic heterocycles. The third kappa shape index (κ3) is 2.76. The average molecular weight is 338 g/mol. The highest BCUT2D eigenvalue weighted by Gasteiger charge is 2.20. The zero-order valence-corrected chi connectivity index (χ0v) is 12.8. The molecule has 2 aromatic carbocycles. The Morgan fingerprint density at radius 2 is 1.76 bits per heavy atom. The summed E-state index contributed by atoms with van der Waals surface area (Å²) in [4.78, 5) is 12.2. The fraction of sp³-hybridized carbons (Fsp3) is 0.0556. The van der Waals surface area contributed by atoms with Crippen LogP contribution in [0, 0.1) is 5.82 Å². The number of rotatable bonds is 3. The van der Waals surface area contributed by atoms with Crippen molar-refractivity contribution in [1.29, 1.82) is 0 Å². The molecule has 124 valence electrons. The molecule has 2 heterocycles. The van der Waals surface area contributed by atoms with E-state index in [-0.39, 0.29) is 35.2 Å².